The van der Waals surface area contributed by atoms with Gasteiger partial charge in [-0.25, -0.2) is 0 Å². The molecule has 1 aromatic rings. The first kappa shape index (κ1) is 15.6. The minimum Gasteiger partial charge on any atom is -0.486 e. The fraction of sp³-hybridized carbons (Fsp3) is 0.529. The van der Waals surface area contributed by atoms with E-state index in [2.05, 4.69) is 59.4 Å². The van der Waals surface area contributed by atoms with E-state index in [4.69, 9.17) is 4.74 Å². The van der Waals surface area contributed by atoms with Gasteiger partial charge in [0.1, 0.15) is 11.9 Å². The molecular weight excluding hydrogens is 314 g/mol. The standard InChI is InChI=1S/C17H24BrNO/c1-13(2)11-19-12-14-10-15(18)8-9-17(14)20-16-6-4-3-5-7-16/h4,6,8-10,13,16,19H,3,5,7,11-12H2,1-2H3. The Kier molecular flexibility index (Phi) is 6.11. The van der Waals surface area contributed by atoms with Crippen LogP contribution < -0.4 is 10.1 Å². The van der Waals surface area contributed by atoms with Gasteiger partial charge in [0.25, 0.3) is 0 Å². The van der Waals surface area contributed by atoms with Crippen molar-refractivity contribution in [3.63, 3.8) is 0 Å². The van der Waals surface area contributed by atoms with Crippen LogP contribution in [0.5, 0.6) is 5.75 Å². The van der Waals surface area contributed by atoms with Gasteiger partial charge in [0.2, 0.25) is 0 Å². The number of ether oxygens (including phenoxy) is 1. The lowest BCUT2D eigenvalue weighted by Crippen LogP contribution is -2.21. The van der Waals surface area contributed by atoms with Crippen molar-refractivity contribution in [2.75, 3.05) is 6.54 Å². The molecule has 20 heavy (non-hydrogen) atoms. The van der Waals surface area contributed by atoms with Gasteiger partial charge in [-0.2, -0.15) is 0 Å². The van der Waals surface area contributed by atoms with Gasteiger partial charge < -0.3 is 10.1 Å². The quantitative estimate of drug-likeness (QED) is 0.761. The van der Waals surface area contributed by atoms with E-state index in [1.807, 2.05) is 6.07 Å². The number of halogens is 1. The van der Waals surface area contributed by atoms with E-state index < -0.39 is 0 Å². The fourth-order valence-electron chi connectivity index (χ4n) is 2.34. The molecule has 1 unspecified atom stereocenters. The van der Waals surface area contributed by atoms with E-state index in [9.17, 15) is 0 Å². The van der Waals surface area contributed by atoms with Crippen molar-refractivity contribution in [2.24, 2.45) is 5.92 Å². The Bertz CT molecular complexity index is 456. The first-order chi connectivity index (χ1) is 9.65. The van der Waals surface area contributed by atoms with Crippen LogP contribution >= 0.6 is 15.9 Å². The van der Waals surface area contributed by atoms with Gasteiger partial charge in [-0.1, -0.05) is 35.9 Å². The highest BCUT2D eigenvalue weighted by Crippen LogP contribution is 2.26. The van der Waals surface area contributed by atoms with E-state index in [0.717, 1.165) is 29.7 Å². The summed E-state index contributed by atoms with van der Waals surface area (Å²) in [5, 5.41) is 3.49. The van der Waals surface area contributed by atoms with E-state index >= 15 is 0 Å². The number of nitrogens with one attached hydrogen (secondary N) is 1. The summed E-state index contributed by atoms with van der Waals surface area (Å²) in [4.78, 5) is 0. The summed E-state index contributed by atoms with van der Waals surface area (Å²) in [7, 11) is 0. The largest absolute Gasteiger partial charge is 0.486 e. The topological polar surface area (TPSA) is 21.3 Å². The number of hydrogen-bond acceptors (Lipinski definition) is 2. The average Bonchev–Trinajstić information content (AvgIpc) is 2.42. The number of hydrogen-bond donors (Lipinski definition) is 1. The third kappa shape index (κ3) is 4.95. The van der Waals surface area contributed by atoms with Crippen LogP contribution in [0, 0.1) is 5.92 Å². The molecule has 1 aliphatic carbocycles. The van der Waals surface area contributed by atoms with Gasteiger partial charge in [0.15, 0.2) is 0 Å². The molecule has 3 heteroatoms. The van der Waals surface area contributed by atoms with Crippen LogP contribution in [0.25, 0.3) is 0 Å². The van der Waals surface area contributed by atoms with E-state index in [-0.39, 0.29) is 6.10 Å². The number of benzene rings is 1. The van der Waals surface area contributed by atoms with Crippen LogP contribution in [0.15, 0.2) is 34.8 Å². The summed E-state index contributed by atoms with van der Waals surface area (Å²) in [6.07, 6.45) is 8.17. The third-order valence-electron chi connectivity index (χ3n) is 3.38. The van der Waals surface area contributed by atoms with E-state index in [0.29, 0.717) is 5.92 Å². The molecule has 0 spiro atoms. The average molecular weight is 338 g/mol. The summed E-state index contributed by atoms with van der Waals surface area (Å²) in [6.45, 7) is 6.31. The molecule has 2 nitrogen and oxygen atoms in total. The number of allylic oxidation sites excluding steroid dienone is 1. The van der Waals surface area contributed by atoms with Gasteiger partial charge in [-0.3, -0.25) is 0 Å². The summed E-state index contributed by atoms with van der Waals surface area (Å²) < 4.78 is 7.25. The molecule has 0 amide bonds. The molecule has 1 N–H and O–H groups in total. The smallest absolute Gasteiger partial charge is 0.124 e. The van der Waals surface area contributed by atoms with Crippen molar-refractivity contribution in [1.82, 2.24) is 5.32 Å². The molecule has 1 atom stereocenters. The molecular formula is C17H24BrNO. The van der Waals surface area contributed by atoms with E-state index in [1.165, 1.54) is 18.4 Å². The van der Waals surface area contributed by atoms with Crippen molar-refractivity contribution in [2.45, 2.75) is 45.8 Å². The molecule has 1 aliphatic rings. The van der Waals surface area contributed by atoms with Crippen LogP contribution in [0.4, 0.5) is 0 Å². The zero-order chi connectivity index (χ0) is 14.4. The van der Waals surface area contributed by atoms with Crippen molar-refractivity contribution >= 4 is 15.9 Å². The zero-order valence-corrected chi connectivity index (χ0v) is 13.9. The highest BCUT2D eigenvalue weighted by molar-refractivity contribution is 9.10. The summed E-state index contributed by atoms with van der Waals surface area (Å²) in [5.41, 5.74) is 1.22. The molecule has 110 valence electrons. The first-order valence-electron chi connectivity index (χ1n) is 7.47. The van der Waals surface area contributed by atoms with Crippen LogP contribution in [0.1, 0.15) is 38.7 Å². The molecule has 0 saturated carbocycles. The molecule has 0 fully saturated rings. The van der Waals surface area contributed by atoms with Crippen molar-refractivity contribution in [1.29, 1.82) is 0 Å². The Balaban J connectivity index is 2.02. The van der Waals surface area contributed by atoms with Gasteiger partial charge in [0, 0.05) is 16.6 Å². The summed E-state index contributed by atoms with van der Waals surface area (Å²) in [6, 6.07) is 6.27. The molecule has 0 aromatic heterocycles. The molecule has 0 bridgehead atoms. The maximum absolute atomic E-state index is 6.15. The lowest BCUT2D eigenvalue weighted by Gasteiger charge is -2.21. The third-order valence-corrected chi connectivity index (χ3v) is 3.87. The van der Waals surface area contributed by atoms with Crippen molar-refractivity contribution in [3.8, 4) is 5.75 Å². The second kappa shape index (κ2) is 7.84. The second-order valence-corrected chi connectivity index (χ2v) is 6.71. The predicted molar refractivity (Wildman–Crippen MR) is 88.1 cm³/mol. The highest BCUT2D eigenvalue weighted by Gasteiger charge is 2.12. The van der Waals surface area contributed by atoms with Crippen LogP contribution in [0.3, 0.4) is 0 Å². The SMILES string of the molecule is CC(C)CNCc1cc(Br)ccc1OC1C=CCCC1. The lowest BCUT2D eigenvalue weighted by molar-refractivity contribution is 0.227. The van der Waals surface area contributed by atoms with Crippen LogP contribution in [0.2, 0.25) is 0 Å². The monoisotopic (exact) mass is 337 g/mol. The number of rotatable bonds is 6. The summed E-state index contributed by atoms with van der Waals surface area (Å²) in [5.74, 6) is 1.66. The minimum atomic E-state index is 0.230. The minimum absolute atomic E-state index is 0.230. The molecule has 0 radical (unpaired) electrons. The molecule has 0 saturated heterocycles. The zero-order valence-electron chi connectivity index (χ0n) is 12.4. The molecule has 1 aromatic carbocycles. The van der Waals surface area contributed by atoms with Gasteiger partial charge >= 0.3 is 0 Å². The Morgan fingerprint density at radius 2 is 2.25 bits per heavy atom. The van der Waals surface area contributed by atoms with Crippen molar-refractivity contribution < 1.29 is 4.74 Å². The van der Waals surface area contributed by atoms with Gasteiger partial charge in [-0.05, 0) is 56.0 Å². The van der Waals surface area contributed by atoms with Gasteiger partial charge in [-0.15, -0.1) is 0 Å². The molecule has 2 rings (SSSR count). The van der Waals surface area contributed by atoms with Gasteiger partial charge in [0.05, 0.1) is 0 Å². The van der Waals surface area contributed by atoms with E-state index in [1.54, 1.807) is 0 Å². The maximum atomic E-state index is 6.15. The van der Waals surface area contributed by atoms with Crippen LogP contribution in [-0.2, 0) is 6.54 Å². The maximum Gasteiger partial charge on any atom is 0.124 e. The highest BCUT2D eigenvalue weighted by atomic mass is 79.9. The van der Waals surface area contributed by atoms with Crippen LogP contribution in [-0.4, -0.2) is 12.6 Å². The fourth-order valence-corrected chi connectivity index (χ4v) is 2.75. The lowest BCUT2D eigenvalue weighted by atomic mass is 10.1. The van der Waals surface area contributed by atoms with Crippen molar-refractivity contribution in [3.05, 3.63) is 40.4 Å². The Morgan fingerprint density at radius 1 is 1.40 bits per heavy atom. The Hall–Kier alpha value is -0.800. The molecule has 0 aliphatic heterocycles. The normalized spacial score (nSPS) is 18.5. The second-order valence-electron chi connectivity index (χ2n) is 5.79. The predicted octanol–water partition coefficient (Wildman–Crippen LogP) is 4.68. The Labute approximate surface area is 130 Å². The first-order valence-corrected chi connectivity index (χ1v) is 8.27. The molecule has 0 heterocycles. The summed E-state index contributed by atoms with van der Waals surface area (Å²) >= 11 is 3.55. The Morgan fingerprint density at radius 3 is 2.95 bits per heavy atom.